The molecule has 22 heavy (non-hydrogen) atoms. The van der Waals surface area contributed by atoms with E-state index in [1.165, 1.54) is 12.1 Å². The summed E-state index contributed by atoms with van der Waals surface area (Å²) in [5.41, 5.74) is 0.849. The Morgan fingerprint density at radius 1 is 0.955 bits per heavy atom. The fourth-order valence-corrected chi connectivity index (χ4v) is 2.83. The van der Waals surface area contributed by atoms with Crippen molar-refractivity contribution in [2.45, 2.75) is 0 Å². The number of nitrogens with zero attached hydrogens (tertiary/aromatic N) is 1. The van der Waals surface area contributed by atoms with E-state index >= 15 is 0 Å². The molecule has 1 saturated heterocycles. The molecular formula is C16H15NO5. The zero-order valence-corrected chi connectivity index (χ0v) is 11.8. The molecular weight excluding hydrogens is 286 g/mol. The smallest absolute Gasteiger partial charge is 0.336 e. The van der Waals surface area contributed by atoms with Gasteiger partial charge in [-0.3, -0.25) is 0 Å². The number of hydrogen-bond acceptors (Lipinski definition) is 4. The van der Waals surface area contributed by atoms with Gasteiger partial charge in [0.1, 0.15) is 0 Å². The third kappa shape index (κ3) is 2.37. The Morgan fingerprint density at radius 3 is 2.23 bits per heavy atom. The summed E-state index contributed by atoms with van der Waals surface area (Å²) in [5, 5.41) is 19.6. The highest BCUT2D eigenvalue weighted by molar-refractivity contribution is 6.15. The molecule has 1 heterocycles. The predicted octanol–water partition coefficient (Wildman–Crippen LogP) is 2.07. The Kier molecular flexibility index (Phi) is 3.68. The van der Waals surface area contributed by atoms with Crippen LogP contribution in [0, 0.1) is 0 Å². The van der Waals surface area contributed by atoms with E-state index in [1.807, 2.05) is 0 Å². The Hall–Kier alpha value is -2.60. The summed E-state index contributed by atoms with van der Waals surface area (Å²) in [7, 11) is 0. The van der Waals surface area contributed by atoms with Gasteiger partial charge in [0.25, 0.3) is 0 Å². The predicted molar refractivity (Wildman–Crippen MR) is 80.9 cm³/mol. The molecule has 1 fully saturated rings. The molecule has 1 aliphatic rings. The molecule has 2 aromatic rings. The topological polar surface area (TPSA) is 87.1 Å². The van der Waals surface area contributed by atoms with Gasteiger partial charge in [-0.1, -0.05) is 12.1 Å². The van der Waals surface area contributed by atoms with Crippen molar-refractivity contribution in [1.29, 1.82) is 0 Å². The fraction of sp³-hybridized carbons (Fsp3) is 0.250. The molecule has 0 unspecified atom stereocenters. The lowest BCUT2D eigenvalue weighted by Crippen LogP contribution is -2.36. The van der Waals surface area contributed by atoms with Gasteiger partial charge in [-0.25, -0.2) is 9.59 Å². The quantitative estimate of drug-likeness (QED) is 0.902. The molecule has 6 nitrogen and oxygen atoms in total. The van der Waals surface area contributed by atoms with Gasteiger partial charge in [-0.2, -0.15) is 0 Å². The van der Waals surface area contributed by atoms with Crippen LogP contribution in [0.2, 0.25) is 0 Å². The van der Waals surface area contributed by atoms with Crippen molar-refractivity contribution in [2.75, 3.05) is 31.2 Å². The van der Waals surface area contributed by atoms with Gasteiger partial charge in [0.2, 0.25) is 0 Å². The van der Waals surface area contributed by atoms with Crippen molar-refractivity contribution in [3.63, 3.8) is 0 Å². The Balaban J connectivity index is 2.28. The molecule has 3 rings (SSSR count). The summed E-state index contributed by atoms with van der Waals surface area (Å²) < 4.78 is 5.33. The van der Waals surface area contributed by atoms with Gasteiger partial charge in [-0.15, -0.1) is 0 Å². The molecule has 0 atom stereocenters. The molecule has 0 bridgehead atoms. The number of rotatable bonds is 3. The van der Waals surface area contributed by atoms with Crippen LogP contribution in [0.1, 0.15) is 20.7 Å². The van der Waals surface area contributed by atoms with Crippen molar-refractivity contribution in [2.24, 2.45) is 0 Å². The van der Waals surface area contributed by atoms with Crippen molar-refractivity contribution in [3.8, 4) is 0 Å². The zero-order valence-electron chi connectivity index (χ0n) is 11.8. The van der Waals surface area contributed by atoms with Crippen molar-refractivity contribution in [3.05, 3.63) is 41.5 Å². The second-order valence-corrected chi connectivity index (χ2v) is 5.07. The van der Waals surface area contributed by atoms with Crippen LogP contribution in [0.25, 0.3) is 10.8 Å². The molecule has 2 aromatic carbocycles. The Labute approximate surface area is 126 Å². The van der Waals surface area contributed by atoms with Crippen LogP contribution in [0.5, 0.6) is 0 Å². The molecule has 2 N–H and O–H groups in total. The number of benzene rings is 2. The van der Waals surface area contributed by atoms with Crippen LogP contribution in [-0.4, -0.2) is 48.5 Å². The monoisotopic (exact) mass is 301 g/mol. The first-order valence-electron chi connectivity index (χ1n) is 6.94. The molecule has 0 spiro atoms. The van der Waals surface area contributed by atoms with Crippen molar-refractivity contribution in [1.82, 2.24) is 0 Å². The van der Waals surface area contributed by atoms with Gasteiger partial charge in [0.05, 0.1) is 24.3 Å². The minimum atomic E-state index is -1.13. The zero-order chi connectivity index (χ0) is 15.7. The normalized spacial score (nSPS) is 15.0. The molecule has 0 radical (unpaired) electrons. The Morgan fingerprint density at radius 2 is 1.59 bits per heavy atom. The van der Waals surface area contributed by atoms with Crippen LogP contribution in [0.15, 0.2) is 30.3 Å². The van der Waals surface area contributed by atoms with Gasteiger partial charge >= 0.3 is 11.9 Å². The van der Waals surface area contributed by atoms with E-state index < -0.39 is 11.9 Å². The van der Waals surface area contributed by atoms with Crippen LogP contribution >= 0.6 is 0 Å². The summed E-state index contributed by atoms with van der Waals surface area (Å²) in [6.07, 6.45) is 0. The average molecular weight is 301 g/mol. The SMILES string of the molecule is O=C(O)c1cccc2c(N3CCOCC3)ccc(C(=O)O)c12. The lowest BCUT2D eigenvalue weighted by atomic mass is 9.97. The molecule has 6 heteroatoms. The number of fused-ring (bicyclic) bond motifs is 1. The molecule has 0 aliphatic carbocycles. The van der Waals surface area contributed by atoms with Gasteiger partial charge < -0.3 is 19.8 Å². The first-order chi connectivity index (χ1) is 10.6. The highest BCUT2D eigenvalue weighted by Gasteiger charge is 2.21. The lowest BCUT2D eigenvalue weighted by molar-refractivity contribution is 0.0695. The number of carbonyl (C=O) groups is 2. The summed E-state index contributed by atoms with van der Waals surface area (Å²) in [6.45, 7) is 2.58. The van der Waals surface area contributed by atoms with Gasteiger partial charge in [-0.05, 0) is 18.2 Å². The van der Waals surface area contributed by atoms with E-state index in [2.05, 4.69) is 4.90 Å². The number of carboxylic acid groups (broad SMARTS) is 2. The Bertz CT molecular complexity index is 729. The standard InChI is InChI=1S/C16H15NO5/c18-15(19)11-3-1-2-10-13(17-6-8-22-9-7-17)5-4-12(14(10)11)16(20)21/h1-5H,6-9H2,(H,18,19)(H,20,21). The summed E-state index contributed by atoms with van der Waals surface area (Å²) in [4.78, 5) is 25.0. The van der Waals surface area contributed by atoms with Crippen LogP contribution in [0.3, 0.4) is 0 Å². The molecule has 0 saturated carbocycles. The third-order valence-corrected chi connectivity index (χ3v) is 3.83. The maximum absolute atomic E-state index is 11.5. The first kappa shape index (κ1) is 14.3. The van der Waals surface area contributed by atoms with Crippen molar-refractivity contribution < 1.29 is 24.5 Å². The number of hydrogen-bond donors (Lipinski definition) is 2. The average Bonchev–Trinajstić information content (AvgIpc) is 2.53. The van der Waals surface area contributed by atoms with Crippen LogP contribution < -0.4 is 4.90 Å². The summed E-state index contributed by atoms with van der Waals surface area (Å²) in [6, 6.07) is 8.05. The van der Waals surface area contributed by atoms with E-state index in [0.29, 0.717) is 31.7 Å². The van der Waals surface area contributed by atoms with Crippen LogP contribution in [0.4, 0.5) is 5.69 Å². The maximum atomic E-state index is 11.5. The summed E-state index contributed by atoms with van der Waals surface area (Å²) >= 11 is 0. The van der Waals surface area contributed by atoms with Gasteiger partial charge in [0.15, 0.2) is 0 Å². The number of carboxylic acids is 2. The fourth-order valence-electron chi connectivity index (χ4n) is 2.83. The van der Waals surface area contributed by atoms with Crippen LogP contribution in [-0.2, 0) is 4.74 Å². The van der Waals surface area contributed by atoms with Crippen molar-refractivity contribution >= 4 is 28.4 Å². The van der Waals surface area contributed by atoms with E-state index in [0.717, 1.165) is 5.69 Å². The molecule has 0 amide bonds. The molecule has 114 valence electrons. The van der Waals surface area contributed by atoms with Gasteiger partial charge in [0, 0.05) is 29.5 Å². The largest absolute Gasteiger partial charge is 0.478 e. The van der Waals surface area contributed by atoms with E-state index in [9.17, 15) is 19.8 Å². The second kappa shape index (κ2) is 5.65. The molecule has 1 aliphatic heterocycles. The second-order valence-electron chi connectivity index (χ2n) is 5.07. The van der Waals surface area contributed by atoms with E-state index in [4.69, 9.17) is 4.74 Å². The number of aromatic carboxylic acids is 2. The minimum absolute atomic E-state index is 0.00464. The number of anilines is 1. The lowest BCUT2D eigenvalue weighted by Gasteiger charge is -2.30. The maximum Gasteiger partial charge on any atom is 0.336 e. The first-order valence-corrected chi connectivity index (χ1v) is 6.94. The molecule has 0 aromatic heterocycles. The van der Waals surface area contributed by atoms with E-state index in [1.54, 1.807) is 18.2 Å². The highest BCUT2D eigenvalue weighted by atomic mass is 16.5. The minimum Gasteiger partial charge on any atom is -0.478 e. The number of ether oxygens (including phenoxy) is 1. The highest BCUT2D eigenvalue weighted by Crippen LogP contribution is 2.32. The number of morpholine rings is 1. The third-order valence-electron chi connectivity index (χ3n) is 3.83. The van der Waals surface area contributed by atoms with E-state index in [-0.39, 0.29) is 16.5 Å². The summed E-state index contributed by atoms with van der Waals surface area (Å²) in [5.74, 6) is -2.26.